The van der Waals surface area contributed by atoms with Crippen LogP contribution >= 0.6 is 0 Å². The highest BCUT2D eigenvalue weighted by atomic mass is 19.1. The van der Waals surface area contributed by atoms with Crippen molar-refractivity contribution in [2.45, 2.75) is 25.9 Å². The highest BCUT2D eigenvalue weighted by molar-refractivity contribution is 5.75. The summed E-state index contributed by atoms with van der Waals surface area (Å²) in [5, 5.41) is 5.70. The Hall–Kier alpha value is -2.56. The van der Waals surface area contributed by atoms with E-state index in [-0.39, 0.29) is 11.8 Å². The van der Waals surface area contributed by atoms with Crippen molar-refractivity contribution in [2.75, 3.05) is 7.11 Å². The van der Waals surface area contributed by atoms with Gasteiger partial charge in [0.05, 0.1) is 12.6 Å². The number of rotatable bonds is 5. The zero-order chi connectivity index (χ0) is 16.9. The van der Waals surface area contributed by atoms with E-state index < -0.39 is 5.54 Å². The molecule has 0 bridgehead atoms. The summed E-state index contributed by atoms with van der Waals surface area (Å²) in [4.78, 5) is 12.1. The lowest BCUT2D eigenvalue weighted by atomic mass is 9.94. The molecule has 0 saturated carbocycles. The van der Waals surface area contributed by atoms with Crippen molar-refractivity contribution in [1.29, 1.82) is 0 Å². The van der Waals surface area contributed by atoms with Crippen molar-refractivity contribution in [3.63, 3.8) is 0 Å². The highest BCUT2D eigenvalue weighted by Crippen LogP contribution is 2.20. The second-order valence-electron chi connectivity index (χ2n) is 5.79. The highest BCUT2D eigenvalue weighted by Gasteiger charge is 2.22. The van der Waals surface area contributed by atoms with E-state index in [0.29, 0.717) is 6.54 Å². The Balaban J connectivity index is 1.91. The molecule has 0 aromatic heterocycles. The van der Waals surface area contributed by atoms with Crippen LogP contribution in [0.1, 0.15) is 25.0 Å². The van der Waals surface area contributed by atoms with Gasteiger partial charge in [-0.05, 0) is 49.2 Å². The van der Waals surface area contributed by atoms with Crippen LogP contribution in [-0.4, -0.2) is 13.1 Å². The van der Waals surface area contributed by atoms with Crippen molar-refractivity contribution < 1.29 is 13.9 Å². The van der Waals surface area contributed by atoms with E-state index in [9.17, 15) is 9.18 Å². The topological polar surface area (TPSA) is 50.4 Å². The Morgan fingerprint density at radius 1 is 1.09 bits per heavy atom. The fourth-order valence-electron chi connectivity index (χ4n) is 2.19. The SMILES string of the molecule is COc1ccc(CNC(=O)NC(C)(C)c2ccc(F)cc2)cc1. The van der Waals surface area contributed by atoms with Gasteiger partial charge >= 0.3 is 6.03 Å². The minimum atomic E-state index is -0.600. The summed E-state index contributed by atoms with van der Waals surface area (Å²) >= 11 is 0. The second kappa shape index (κ2) is 7.13. The number of hydrogen-bond acceptors (Lipinski definition) is 2. The van der Waals surface area contributed by atoms with E-state index in [1.807, 2.05) is 38.1 Å². The quantitative estimate of drug-likeness (QED) is 0.886. The number of benzene rings is 2. The molecule has 2 amide bonds. The number of methoxy groups -OCH3 is 1. The van der Waals surface area contributed by atoms with E-state index in [2.05, 4.69) is 10.6 Å². The lowest BCUT2D eigenvalue weighted by Crippen LogP contribution is -2.46. The molecule has 2 rings (SSSR count). The molecule has 0 aliphatic heterocycles. The molecule has 0 radical (unpaired) electrons. The molecule has 2 N–H and O–H groups in total. The lowest BCUT2D eigenvalue weighted by molar-refractivity contribution is 0.229. The van der Waals surface area contributed by atoms with Crippen LogP contribution in [0.4, 0.5) is 9.18 Å². The van der Waals surface area contributed by atoms with E-state index >= 15 is 0 Å². The maximum atomic E-state index is 13.0. The minimum Gasteiger partial charge on any atom is -0.497 e. The third kappa shape index (κ3) is 4.71. The van der Waals surface area contributed by atoms with Crippen molar-refractivity contribution in [2.24, 2.45) is 0 Å². The van der Waals surface area contributed by atoms with Crippen LogP contribution in [0.15, 0.2) is 48.5 Å². The number of hydrogen-bond donors (Lipinski definition) is 2. The first kappa shape index (κ1) is 16.8. The van der Waals surface area contributed by atoms with Crippen molar-refractivity contribution in [3.05, 3.63) is 65.5 Å². The summed E-state index contributed by atoms with van der Waals surface area (Å²) in [7, 11) is 1.61. The van der Waals surface area contributed by atoms with E-state index in [1.165, 1.54) is 12.1 Å². The number of urea groups is 1. The van der Waals surface area contributed by atoms with Gasteiger partial charge in [0.2, 0.25) is 0 Å². The molecule has 2 aromatic carbocycles. The van der Waals surface area contributed by atoms with E-state index in [1.54, 1.807) is 19.2 Å². The molecule has 0 unspecified atom stereocenters. The number of carbonyl (C=O) groups excluding carboxylic acids is 1. The summed E-state index contributed by atoms with van der Waals surface area (Å²) in [5.41, 5.74) is 1.21. The van der Waals surface area contributed by atoms with Crippen molar-refractivity contribution in [1.82, 2.24) is 10.6 Å². The van der Waals surface area contributed by atoms with Gasteiger partial charge in [-0.1, -0.05) is 24.3 Å². The third-order valence-electron chi connectivity index (χ3n) is 3.60. The number of carbonyl (C=O) groups is 1. The molecule has 0 heterocycles. The molecule has 0 fully saturated rings. The van der Waals surface area contributed by atoms with Gasteiger partial charge in [0, 0.05) is 6.54 Å². The van der Waals surface area contributed by atoms with Gasteiger partial charge in [-0.2, -0.15) is 0 Å². The van der Waals surface area contributed by atoms with E-state index in [4.69, 9.17) is 4.74 Å². The van der Waals surface area contributed by atoms with Crippen molar-refractivity contribution >= 4 is 6.03 Å². The molecule has 122 valence electrons. The predicted octanol–water partition coefficient (Wildman–Crippen LogP) is 3.57. The first-order chi connectivity index (χ1) is 10.9. The molecular formula is C18H21FN2O2. The molecule has 23 heavy (non-hydrogen) atoms. The fraction of sp³-hybridized carbons (Fsp3) is 0.278. The average Bonchev–Trinajstić information content (AvgIpc) is 2.53. The third-order valence-corrected chi connectivity index (χ3v) is 3.60. The van der Waals surface area contributed by atoms with Crippen LogP contribution in [-0.2, 0) is 12.1 Å². The first-order valence-electron chi connectivity index (χ1n) is 7.36. The average molecular weight is 316 g/mol. The monoisotopic (exact) mass is 316 g/mol. The van der Waals surface area contributed by atoms with Crippen LogP contribution in [0.5, 0.6) is 5.75 Å². The molecule has 0 atom stereocenters. The Bertz CT molecular complexity index is 652. The van der Waals surface area contributed by atoms with Crippen LogP contribution in [0.25, 0.3) is 0 Å². The standard InChI is InChI=1S/C18H21FN2O2/c1-18(2,14-6-8-15(19)9-7-14)21-17(22)20-12-13-4-10-16(23-3)11-5-13/h4-11H,12H2,1-3H3,(H2,20,21,22). The Morgan fingerprint density at radius 3 is 2.26 bits per heavy atom. The van der Waals surface area contributed by atoms with Gasteiger partial charge in [0.15, 0.2) is 0 Å². The van der Waals surface area contributed by atoms with Gasteiger partial charge in [0.1, 0.15) is 11.6 Å². The molecular weight excluding hydrogens is 295 g/mol. The summed E-state index contributed by atoms with van der Waals surface area (Å²) in [5.74, 6) is 0.476. The molecule has 2 aromatic rings. The Morgan fingerprint density at radius 2 is 1.70 bits per heavy atom. The number of nitrogens with one attached hydrogen (secondary N) is 2. The number of amides is 2. The number of ether oxygens (including phenoxy) is 1. The summed E-state index contributed by atoms with van der Waals surface area (Å²) in [6, 6.07) is 13.3. The van der Waals surface area contributed by atoms with Gasteiger partial charge in [-0.3, -0.25) is 0 Å². The van der Waals surface area contributed by atoms with Crippen LogP contribution in [0, 0.1) is 5.82 Å². The fourth-order valence-corrected chi connectivity index (χ4v) is 2.19. The van der Waals surface area contributed by atoms with Crippen LogP contribution in [0.3, 0.4) is 0 Å². The first-order valence-corrected chi connectivity index (χ1v) is 7.36. The number of halogens is 1. The molecule has 5 heteroatoms. The summed E-state index contributed by atoms with van der Waals surface area (Å²) in [6.45, 7) is 4.15. The lowest BCUT2D eigenvalue weighted by Gasteiger charge is -2.27. The van der Waals surface area contributed by atoms with Gasteiger partial charge in [-0.25, -0.2) is 9.18 Å². The zero-order valence-electron chi connectivity index (χ0n) is 13.5. The normalized spacial score (nSPS) is 11.0. The summed E-state index contributed by atoms with van der Waals surface area (Å²) in [6.07, 6.45) is 0. The second-order valence-corrected chi connectivity index (χ2v) is 5.79. The van der Waals surface area contributed by atoms with Gasteiger partial charge < -0.3 is 15.4 Å². The van der Waals surface area contributed by atoms with Crippen molar-refractivity contribution in [3.8, 4) is 5.75 Å². The molecule has 0 spiro atoms. The molecule has 0 aliphatic rings. The smallest absolute Gasteiger partial charge is 0.315 e. The molecule has 4 nitrogen and oxygen atoms in total. The molecule has 0 saturated heterocycles. The van der Waals surface area contributed by atoms with E-state index in [0.717, 1.165) is 16.9 Å². The Labute approximate surface area is 135 Å². The minimum absolute atomic E-state index is 0.282. The van der Waals surface area contributed by atoms with Crippen LogP contribution in [0.2, 0.25) is 0 Å². The Kier molecular flexibility index (Phi) is 5.21. The van der Waals surface area contributed by atoms with Gasteiger partial charge in [0.25, 0.3) is 0 Å². The maximum Gasteiger partial charge on any atom is 0.315 e. The summed E-state index contributed by atoms with van der Waals surface area (Å²) < 4.78 is 18.1. The predicted molar refractivity (Wildman–Crippen MR) is 87.8 cm³/mol. The molecule has 0 aliphatic carbocycles. The zero-order valence-corrected chi connectivity index (χ0v) is 13.5. The van der Waals surface area contributed by atoms with Crippen LogP contribution < -0.4 is 15.4 Å². The largest absolute Gasteiger partial charge is 0.497 e. The maximum absolute atomic E-state index is 13.0. The van der Waals surface area contributed by atoms with Gasteiger partial charge in [-0.15, -0.1) is 0 Å².